The number of nitrogens with one attached hydrogen (secondary N) is 1. The van der Waals surface area contributed by atoms with Crippen molar-refractivity contribution in [1.29, 1.82) is 0 Å². The van der Waals surface area contributed by atoms with E-state index in [1.54, 1.807) is 0 Å². The van der Waals surface area contributed by atoms with Gasteiger partial charge in [-0.15, -0.1) is 0 Å². The first-order chi connectivity index (χ1) is 32.8. The Labute approximate surface area is 419 Å². The molecule has 0 aromatic heterocycles. The van der Waals surface area contributed by atoms with E-state index < -0.39 is 18.1 Å². The fourth-order valence-corrected chi connectivity index (χ4v) is 9.99. The molecule has 0 saturated heterocycles. The van der Waals surface area contributed by atoms with E-state index in [-0.39, 0.29) is 36.0 Å². The van der Waals surface area contributed by atoms with Crippen LogP contribution in [-0.4, -0.2) is 59.2 Å². The summed E-state index contributed by atoms with van der Waals surface area (Å²) in [7, 11) is 0. The molecular weight excluding hydrogens is 855 g/mol. The Morgan fingerprint density at radius 1 is 0.388 bits per heavy atom. The molecule has 0 radical (unpaired) electrons. The quantitative estimate of drug-likeness (QED) is 0.0457. The van der Waals surface area contributed by atoms with Gasteiger partial charge in [-0.3, -0.25) is 14.4 Å². The topological polar surface area (TPSA) is 119 Å². The molecule has 0 aliphatic heterocycles. The van der Waals surface area contributed by atoms with E-state index in [0.29, 0.717) is 19.3 Å². The lowest BCUT2D eigenvalue weighted by Crippen LogP contribution is -2.42. The summed E-state index contributed by atoms with van der Waals surface area (Å²) in [5.74, 6) is -1.49. The lowest BCUT2D eigenvalue weighted by Gasteiger charge is -2.19. The number of carboxylic acid groups (broad SMARTS) is 1. The second-order valence-electron chi connectivity index (χ2n) is 20.2. The normalized spacial score (nSPS) is 12.3. The molecule has 0 fully saturated rings. The molecule has 0 aromatic rings. The van der Waals surface area contributed by atoms with Gasteiger partial charge >= 0.3 is 17.9 Å². The van der Waals surface area contributed by atoms with Crippen LogP contribution < -0.4 is 5.32 Å². The molecule has 0 spiro atoms. The number of esters is 2. The fraction of sp³-hybridized carbons (Fsp3) is 0.931. The smallest absolute Gasteiger partial charge is 0.327 e. The third-order valence-electron chi connectivity index (χ3n) is 13.4. The van der Waals surface area contributed by atoms with Crippen LogP contribution in [0.5, 0.6) is 0 Å². The van der Waals surface area contributed by atoms with Crippen molar-refractivity contribution in [2.45, 2.75) is 328 Å². The molecule has 0 bridgehead atoms. The Bertz CT molecular complexity index is 1090. The van der Waals surface area contributed by atoms with Crippen LogP contribution in [0.25, 0.3) is 0 Å². The standard InChI is InChI=1S/C58H111NO7S/c1-4-7-10-13-16-19-22-25-27-30-33-36-39-42-45-48-56(61)65-50-53(66-57(62)49-46-43-40-37-34-31-28-26-23-20-17-14-11-8-5-2)51-67-52-54(58(63)64)59-55(60)47-44-41-38-35-32-29-24-21-18-15-12-9-6-3/h53-54H,4-52H2,1-3H3,(H,59,60)(H,63,64)/t53-,54+/m1/s1. The first-order valence-corrected chi connectivity index (χ1v) is 30.4. The van der Waals surface area contributed by atoms with E-state index >= 15 is 0 Å². The van der Waals surface area contributed by atoms with Gasteiger partial charge in [-0.1, -0.05) is 278 Å². The molecule has 0 aliphatic carbocycles. The summed E-state index contributed by atoms with van der Waals surface area (Å²) in [4.78, 5) is 50.5. The minimum atomic E-state index is -1.08. The van der Waals surface area contributed by atoms with Gasteiger partial charge in [0.25, 0.3) is 0 Å². The van der Waals surface area contributed by atoms with Gasteiger partial charge in [-0.05, 0) is 19.3 Å². The van der Waals surface area contributed by atoms with Gasteiger partial charge in [0.15, 0.2) is 0 Å². The maximum atomic E-state index is 13.0. The van der Waals surface area contributed by atoms with Gasteiger partial charge in [0.05, 0.1) is 0 Å². The van der Waals surface area contributed by atoms with Crippen LogP contribution in [0.4, 0.5) is 0 Å². The average Bonchev–Trinajstić information content (AvgIpc) is 3.31. The van der Waals surface area contributed by atoms with Crippen molar-refractivity contribution in [2.24, 2.45) is 0 Å². The second kappa shape index (κ2) is 53.6. The second-order valence-corrected chi connectivity index (χ2v) is 21.3. The van der Waals surface area contributed by atoms with Gasteiger partial charge in [0, 0.05) is 30.8 Å². The lowest BCUT2D eigenvalue weighted by atomic mass is 10.0. The molecule has 0 aromatic carbocycles. The van der Waals surface area contributed by atoms with Crippen molar-refractivity contribution >= 4 is 35.6 Å². The van der Waals surface area contributed by atoms with Gasteiger partial charge in [0.2, 0.25) is 5.91 Å². The van der Waals surface area contributed by atoms with Crippen LogP contribution in [0, 0.1) is 0 Å². The van der Waals surface area contributed by atoms with Crippen LogP contribution in [0.2, 0.25) is 0 Å². The molecule has 0 aliphatic rings. The zero-order valence-corrected chi connectivity index (χ0v) is 45.4. The fourth-order valence-electron chi connectivity index (χ4n) is 8.96. The predicted molar refractivity (Wildman–Crippen MR) is 287 cm³/mol. The lowest BCUT2D eigenvalue weighted by molar-refractivity contribution is -0.157. The number of ether oxygens (including phenoxy) is 2. The number of hydrogen-bond acceptors (Lipinski definition) is 7. The zero-order chi connectivity index (χ0) is 48.9. The van der Waals surface area contributed by atoms with Gasteiger partial charge < -0.3 is 19.9 Å². The highest BCUT2D eigenvalue weighted by Gasteiger charge is 2.23. The van der Waals surface area contributed by atoms with Crippen molar-refractivity contribution in [3.8, 4) is 0 Å². The van der Waals surface area contributed by atoms with Crippen LogP contribution in [0.15, 0.2) is 0 Å². The summed E-state index contributed by atoms with van der Waals surface area (Å²) >= 11 is 1.31. The van der Waals surface area contributed by atoms with Crippen molar-refractivity contribution in [1.82, 2.24) is 5.32 Å². The molecule has 2 N–H and O–H groups in total. The van der Waals surface area contributed by atoms with Gasteiger partial charge in [0.1, 0.15) is 18.8 Å². The number of aliphatic carboxylic acids is 1. The van der Waals surface area contributed by atoms with Crippen molar-refractivity contribution in [3.63, 3.8) is 0 Å². The van der Waals surface area contributed by atoms with Crippen LogP contribution >= 0.6 is 11.8 Å². The summed E-state index contributed by atoms with van der Waals surface area (Å²) in [6.45, 7) is 6.75. The van der Waals surface area contributed by atoms with Crippen molar-refractivity contribution < 1.29 is 33.8 Å². The summed E-state index contributed by atoms with van der Waals surface area (Å²) in [6, 6.07) is -1.04. The Balaban J connectivity index is 4.57. The molecule has 0 heterocycles. The molecule has 67 heavy (non-hydrogen) atoms. The molecule has 0 unspecified atom stereocenters. The summed E-state index contributed by atoms with van der Waals surface area (Å²) < 4.78 is 11.5. The number of carbonyl (C=O) groups is 4. The largest absolute Gasteiger partial charge is 0.480 e. The maximum Gasteiger partial charge on any atom is 0.327 e. The molecule has 396 valence electrons. The number of carbonyl (C=O) groups excluding carboxylic acids is 3. The monoisotopic (exact) mass is 966 g/mol. The van der Waals surface area contributed by atoms with Gasteiger partial charge in [-0.2, -0.15) is 11.8 Å². The minimum Gasteiger partial charge on any atom is -0.480 e. The average molecular weight is 967 g/mol. The highest BCUT2D eigenvalue weighted by molar-refractivity contribution is 7.99. The Morgan fingerprint density at radius 2 is 0.672 bits per heavy atom. The third kappa shape index (κ3) is 50.4. The summed E-state index contributed by atoms with van der Waals surface area (Å²) in [5, 5.41) is 12.6. The number of carboxylic acids is 1. The Hall–Kier alpha value is -1.77. The van der Waals surface area contributed by atoms with Gasteiger partial charge in [-0.25, -0.2) is 4.79 Å². The number of amides is 1. The van der Waals surface area contributed by atoms with Crippen LogP contribution in [0.3, 0.4) is 0 Å². The molecule has 0 rings (SSSR count). The Morgan fingerprint density at radius 3 is 0.985 bits per heavy atom. The molecule has 8 nitrogen and oxygen atoms in total. The maximum absolute atomic E-state index is 13.0. The number of hydrogen-bond donors (Lipinski definition) is 2. The molecule has 1 amide bonds. The van der Waals surface area contributed by atoms with Crippen molar-refractivity contribution in [3.05, 3.63) is 0 Å². The van der Waals surface area contributed by atoms with E-state index in [2.05, 4.69) is 26.1 Å². The number of unbranched alkanes of at least 4 members (excludes halogenated alkanes) is 40. The van der Waals surface area contributed by atoms with E-state index in [4.69, 9.17) is 9.47 Å². The van der Waals surface area contributed by atoms with E-state index in [1.807, 2.05) is 0 Å². The number of thioether (sulfide) groups is 1. The first-order valence-electron chi connectivity index (χ1n) is 29.3. The summed E-state index contributed by atoms with van der Waals surface area (Å²) in [5.41, 5.74) is 0. The molecule has 2 atom stereocenters. The van der Waals surface area contributed by atoms with Crippen LogP contribution in [0.1, 0.15) is 316 Å². The molecule has 9 heteroatoms. The summed E-state index contributed by atoms with van der Waals surface area (Å²) in [6.07, 6.45) is 54.1. The zero-order valence-electron chi connectivity index (χ0n) is 44.6. The first kappa shape index (κ1) is 65.2. The SMILES string of the molecule is CCCCCCCCCCCCCCCCCC(=O)OC[C@H](CSC[C@H](NC(=O)CCCCCCCCCCCCCCC)C(=O)O)OC(=O)CCCCCCCCCCCCCCCCC. The Kier molecular flexibility index (Phi) is 52.2. The predicted octanol–water partition coefficient (Wildman–Crippen LogP) is 17.7. The molecule has 0 saturated carbocycles. The molecular formula is C58H111NO7S. The highest BCUT2D eigenvalue weighted by Crippen LogP contribution is 2.18. The van der Waals surface area contributed by atoms with Crippen molar-refractivity contribution in [2.75, 3.05) is 18.1 Å². The van der Waals surface area contributed by atoms with E-state index in [9.17, 15) is 24.3 Å². The number of rotatable bonds is 55. The highest BCUT2D eigenvalue weighted by atomic mass is 32.2. The van der Waals surface area contributed by atoms with E-state index in [1.165, 1.54) is 230 Å². The third-order valence-corrected chi connectivity index (χ3v) is 14.6. The van der Waals surface area contributed by atoms with Crippen LogP contribution in [-0.2, 0) is 28.7 Å². The minimum absolute atomic E-state index is 0.0433. The van der Waals surface area contributed by atoms with E-state index in [0.717, 1.165) is 57.8 Å².